The predicted octanol–water partition coefficient (Wildman–Crippen LogP) is 2.93. The van der Waals surface area contributed by atoms with E-state index in [1.165, 1.54) is 0 Å². The third-order valence-electron chi connectivity index (χ3n) is 2.48. The van der Waals surface area contributed by atoms with Crippen LogP contribution in [0.4, 0.5) is 0 Å². The van der Waals surface area contributed by atoms with Gasteiger partial charge in [-0.05, 0) is 27.4 Å². The first-order valence-electron chi connectivity index (χ1n) is 5.06. The Bertz CT molecular complexity index is 534. The molecule has 2 aromatic rings. The molecule has 2 rings (SSSR count). The van der Waals surface area contributed by atoms with Crippen LogP contribution in [0.5, 0.6) is 0 Å². The lowest BCUT2D eigenvalue weighted by atomic mass is 10.2. The lowest BCUT2D eigenvalue weighted by Gasteiger charge is -2.03. The number of nitrogens with zero attached hydrogens (tertiary/aromatic N) is 2. The summed E-state index contributed by atoms with van der Waals surface area (Å²) in [6.45, 7) is 0. The highest BCUT2D eigenvalue weighted by molar-refractivity contribution is 9.10. The fourth-order valence-corrected chi connectivity index (χ4v) is 3.00. The Kier molecular flexibility index (Phi) is 3.63. The number of aliphatic carboxylic acids is 1. The third kappa shape index (κ3) is 2.58. The summed E-state index contributed by atoms with van der Waals surface area (Å²) in [7, 11) is 1.91. The average Bonchev–Trinajstić information content (AvgIpc) is 2.85. The van der Waals surface area contributed by atoms with Gasteiger partial charge in [-0.25, -0.2) is 4.98 Å². The van der Waals surface area contributed by atoms with E-state index in [2.05, 4.69) is 20.9 Å². The number of carbonyl (C=O) groups is 1. The molecule has 0 amide bonds. The summed E-state index contributed by atoms with van der Waals surface area (Å²) in [5, 5.41) is 10.7. The number of halogens is 1. The Balaban J connectivity index is 2.32. The van der Waals surface area contributed by atoms with Crippen LogP contribution in [0.25, 0.3) is 10.7 Å². The number of carboxylic acid groups (broad SMARTS) is 1. The largest absolute Gasteiger partial charge is 0.481 e. The summed E-state index contributed by atoms with van der Waals surface area (Å²) < 4.78 is 2.67. The number of hydrogen-bond acceptors (Lipinski definition) is 3. The van der Waals surface area contributed by atoms with Crippen molar-refractivity contribution in [2.24, 2.45) is 7.05 Å². The number of rotatable bonds is 4. The first-order valence-corrected chi connectivity index (χ1v) is 6.73. The first kappa shape index (κ1) is 12.3. The van der Waals surface area contributed by atoms with Crippen molar-refractivity contribution in [3.63, 3.8) is 0 Å². The highest BCUT2D eigenvalue weighted by Crippen LogP contribution is 2.28. The third-order valence-corrected chi connectivity index (χ3v) is 3.98. The second-order valence-corrected chi connectivity index (χ2v) is 5.30. The summed E-state index contributed by atoms with van der Waals surface area (Å²) in [6.07, 6.45) is 0.590. The molecule has 2 aromatic heterocycles. The van der Waals surface area contributed by atoms with Crippen molar-refractivity contribution in [3.05, 3.63) is 27.8 Å². The van der Waals surface area contributed by atoms with Crippen molar-refractivity contribution in [2.75, 3.05) is 0 Å². The molecule has 0 unspecified atom stereocenters. The zero-order chi connectivity index (χ0) is 12.4. The van der Waals surface area contributed by atoms with E-state index < -0.39 is 5.97 Å². The lowest BCUT2D eigenvalue weighted by molar-refractivity contribution is -0.136. The molecular weight excluding hydrogens is 304 g/mol. The maximum Gasteiger partial charge on any atom is 0.303 e. The van der Waals surface area contributed by atoms with Crippen molar-refractivity contribution in [3.8, 4) is 10.7 Å². The number of carboxylic acids is 1. The van der Waals surface area contributed by atoms with Gasteiger partial charge in [-0.1, -0.05) is 6.07 Å². The molecule has 0 atom stereocenters. The molecule has 0 aliphatic carbocycles. The second kappa shape index (κ2) is 5.01. The quantitative estimate of drug-likeness (QED) is 0.944. The highest BCUT2D eigenvalue weighted by Gasteiger charge is 2.15. The monoisotopic (exact) mass is 314 g/mol. The summed E-state index contributed by atoms with van der Waals surface area (Å²) in [5.74, 6) is 0.0723. The molecule has 17 heavy (non-hydrogen) atoms. The van der Waals surface area contributed by atoms with Gasteiger partial charge in [-0.15, -0.1) is 11.3 Å². The number of imidazole rings is 1. The molecule has 0 bridgehead atoms. The smallest absolute Gasteiger partial charge is 0.303 e. The normalized spacial score (nSPS) is 10.7. The number of hydrogen-bond donors (Lipinski definition) is 1. The van der Waals surface area contributed by atoms with Crippen LogP contribution in [-0.2, 0) is 18.3 Å². The van der Waals surface area contributed by atoms with Crippen molar-refractivity contribution in [2.45, 2.75) is 12.8 Å². The number of aromatic nitrogens is 2. The SMILES string of the molecule is Cn1c(-c2cccs2)nc(Br)c1CCC(=O)O. The lowest BCUT2D eigenvalue weighted by Crippen LogP contribution is -2.03. The van der Waals surface area contributed by atoms with Crippen LogP contribution in [-0.4, -0.2) is 20.6 Å². The maximum absolute atomic E-state index is 10.6. The van der Waals surface area contributed by atoms with Crippen LogP contribution in [0.15, 0.2) is 22.1 Å². The van der Waals surface area contributed by atoms with E-state index in [0.29, 0.717) is 6.42 Å². The van der Waals surface area contributed by atoms with E-state index in [0.717, 1.165) is 21.0 Å². The summed E-state index contributed by atoms with van der Waals surface area (Å²) in [4.78, 5) is 16.1. The molecule has 0 aromatic carbocycles. The van der Waals surface area contributed by atoms with Crippen LogP contribution >= 0.6 is 27.3 Å². The van der Waals surface area contributed by atoms with Gasteiger partial charge in [0.05, 0.1) is 17.0 Å². The Morgan fingerprint density at radius 3 is 3.00 bits per heavy atom. The molecule has 0 saturated heterocycles. The van der Waals surface area contributed by atoms with Crippen molar-refractivity contribution < 1.29 is 9.90 Å². The Labute approximate surface area is 111 Å². The van der Waals surface area contributed by atoms with Crippen LogP contribution in [0.3, 0.4) is 0 Å². The van der Waals surface area contributed by atoms with Gasteiger partial charge in [0.1, 0.15) is 4.60 Å². The molecule has 90 valence electrons. The highest BCUT2D eigenvalue weighted by atomic mass is 79.9. The molecular formula is C11H11BrN2O2S. The fraction of sp³-hybridized carbons (Fsp3) is 0.273. The van der Waals surface area contributed by atoms with Crippen LogP contribution in [0.2, 0.25) is 0 Å². The molecule has 0 spiro atoms. The van der Waals surface area contributed by atoms with Gasteiger partial charge in [0, 0.05) is 13.5 Å². The van der Waals surface area contributed by atoms with E-state index >= 15 is 0 Å². The van der Waals surface area contributed by atoms with Gasteiger partial charge in [0.15, 0.2) is 5.82 Å². The zero-order valence-corrected chi connectivity index (χ0v) is 11.6. The van der Waals surface area contributed by atoms with Gasteiger partial charge < -0.3 is 9.67 Å². The van der Waals surface area contributed by atoms with Crippen LogP contribution in [0, 0.1) is 0 Å². The van der Waals surface area contributed by atoms with Crippen LogP contribution in [0.1, 0.15) is 12.1 Å². The Morgan fingerprint density at radius 2 is 2.41 bits per heavy atom. The van der Waals surface area contributed by atoms with E-state index in [1.807, 2.05) is 29.1 Å². The van der Waals surface area contributed by atoms with E-state index in [4.69, 9.17) is 5.11 Å². The summed E-state index contributed by atoms with van der Waals surface area (Å²) in [5.41, 5.74) is 0.913. The minimum Gasteiger partial charge on any atom is -0.481 e. The maximum atomic E-state index is 10.6. The Hall–Kier alpha value is -1.14. The second-order valence-electron chi connectivity index (χ2n) is 3.60. The fourth-order valence-electron chi connectivity index (χ4n) is 1.62. The summed E-state index contributed by atoms with van der Waals surface area (Å²) in [6, 6.07) is 3.97. The van der Waals surface area contributed by atoms with Crippen molar-refractivity contribution in [1.29, 1.82) is 0 Å². The van der Waals surface area contributed by atoms with E-state index in [1.54, 1.807) is 11.3 Å². The minimum absolute atomic E-state index is 0.113. The molecule has 4 nitrogen and oxygen atoms in total. The van der Waals surface area contributed by atoms with Crippen molar-refractivity contribution in [1.82, 2.24) is 9.55 Å². The van der Waals surface area contributed by atoms with E-state index in [9.17, 15) is 4.79 Å². The van der Waals surface area contributed by atoms with Gasteiger partial charge in [0.2, 0.25) is 0 Å². The molecule has 0 fully saturated rings. The molecule has 0 aliphatic rings. The molecule has 0 radical (unpaired) electrons. The van der Waals surface area contributed by atoms with Gasteiger partial charge in [-0.2, -0.15) is 0 Å². The average molecular weight is 315 g/mol. The molecule has 1 N–H and O–H groups in total. The van der Waals surface area contributed by atoms with Gasteiger partial charge in [0.25, 0.3) is 0 Å². The Morgan fingerprint density at radius 1 is 1.65 bits per heavy atom. The van der Waals surface area contributed by atoms with Gasteiger partial charge in [-0.3, -0.25) is 4.79 Å². The van der Waals surface area contributed by atoms with Crippen LogP contribution < -0.4 is 0 Å². The first-order chi connectivity index (χ1) is 8.09. The van der Waals surface area contributed by atoms with Gasteiger partial charge >= 0.3 is 5.97 Å². The minimum atomic E-state index is -0.796. The van der Waals surface area contributed by atoms with E-state index in [-0.39, 0.29) is 6.42 Å². The number of thiophene rings is 1. The standard InChI is InChI=1S/C11H11BrN2O2S/c1-14-7(4-5-9(15)16)10(12)13-11(14)8-3-2-6-17-8/h2-3,6H,4-5H2,1H3,(H,15,16). The summed E-state index contributed by atoms with van der Waals surface area (Å²) >= 11 is 5.00. The molecule has 0 saturated carbocycles. The zero-order valence-electron chi connectivity index (χ0n) is 9.18. The topological polar surface area (TPSA) is 55.1 Å². The molecule has 0 aliphatic heterocycles. The predicted molar refractivity (Wildman–Crippen MR) is 70.2 cm³/mol. The van der Waals surface area contributed by atoms with Crippen molar-refractivity contribution >= 4 is 33.2 Å². The molecule has 2 heterocycles. The molecule has 6 heteroatoms.